The molecular weight excluding hydrogens is 202 g/mol. The summed E-state index contributed by atoms with van der Waals surface area (Å²) in [6.45, 7) is 10.6. The van der Waals surface area contributed by atoms with Gasteiger partial charge in [0, 0.05) is 6.92 Å². The highest BCUT2D eigenvalue weighted by Crippen LogP contribution is 2.17. The molecule has 3 heteroatoms. The molecule has 0 radical (unpaired) electrons. The summed E-state index contributed by atoms with van der Waals surface area (Å²) < 4.78 is 5.87. The van der Waals surface area contributed by atoms with Gasteiger partial charge in [-0.15, -0.1) is 0 Å². The van der Waals surface area contributed by atoms with Crippen molar-refractivity contribution in [1.82, 2.24) is 5.32 Å². The van der Waals surface area contributed by atoms with Gasteiger partial charge in [0.1, 0.15) is 0 Å². The van der Waals surface area contributed by atoms with Crippen molar-refractivity contribution in [3.63, 3.8) is 0 Å². The number of hydrogen-bond donors (Lipinski definition) is 1. The van der Waals surface area contributed by atoms with Gasteiger partial charge in [-0.1, -0.05) is 27.7 Å². The number of hydrogen-bond acceptors (Lipinski definition) is 2. The highest BCUT2D eigenvalue weighted by molar-refractivity contribution is 5.73. The minimum atomic E-state index is -0.186. The molecule has 0 rings (SSSR count). The third-order valence-corrected chi connectivity index (χ3v) is 3.30. The standard InChI is InChI=1S/C13H27NO2/c1-6-12(7-2)16-10-13(8-3,9-4)14-11(5)15/h12H,6-10H2,1-5H3,(H,14,15). The summed E-state index contributed by atoms with van der Waals surface area (Å²) >= 11 is 0. The minimum Gasteiger partial charge on any atom is -0.376 e. The quantitative estimate of drug-likeness (QED) is 0.695. The van der Waals surface area contributed by atoms with Gasteiger partial charge in [0.15, 0.2) is 0 Å². The molecule has 0 heterocycles. The van der Waals surface area contributed by atoms with Crippen LogP contribution < -0.4 is 5.32 Å². The Labute approximate surface area is 99.9 Å². The fourth-order valence-corrected chi connectivity index (χ4v) is 1.84. The van der Waals surface area contributed by atoms with E-state index in [1.54, 1.807) is 6.92 Å². The van der Waals surface area contributed by atoms with Gasteiger partial charge in [0.2, 0.25) is 5.91 Å². The largest absolute Gasteiger partial charge is 0.376 e. The Bertz CT molecular complexity index is 196. The first-order valence-electron chi connectivity index (χ1n) is 6.43. The molecule has 0 saturated heterocycles. The fourth-order valence-electron chi connectivity index (χ4n) is 1.84. The van der Waals surface area contributed by atoms with Crippen molar-refractivity contribution in [3.8, 4) is 0 Å². The van der Waals surface area contributed by atoms with Crippen LogP contribution in [-0.4, -0.2) is 24.2 Å². The molecule has 16 heavy (non-hydrogen) atoms. The molecule has 0 aliphatic carbocycles. The van der Waals surface area contributed by atoms with Crippen LogP contribution in [0.1, 0.15) is 60.3 Å². The number of carbonyl (C=O) groups excluding carboxylic acids is 1. The second-order valence-corrected chi connectivity index (χ2v) is 4.42. The van der Waals surface area contributed by atoms with Crippen LogP contribution >= 0.6 is 0 Å². The first-order valence-corrected chi connectivity index (χ1v) is 6.43. The van der Waals surface area contributed by atoms with Crippen LogP contribution in [0.15, 0.2) is 0 Å². The Kier molecular flexibility index (Phi) is 7.39. The Balaban J connectivity index is 4.36. The molecule has 0 fully saturated rings. The van der Waals surface area contributed by atoms with E-state index in [4.69, 9.17) is 4.74 Å². The van der Waals surface area contributed by atoms with Crippen molar-refractivity contribution in [2.24, 2.45) is 0 Å². The lowest BCUT2D eigenvalue weighted by atomic mass is 9.93. The molecule has 0 aliphatic heterocycles. The summed E-state index contributed by atoms with van der Waals surface area (Å²) in [4.78, 5) is 11.2. The molecule has 0 unspecified atom stereocenters. The number of ether oxygens (including phenoxy) is 1. The summed E-state index contributed by atoms with van der Waals surface area (Å²) in [5.74, 6) is 0.0249. The van der Waals surface area contributed by atoms with Crippen molar-refractivity contribution in [1.29, 1.82) is 0 Å². The van der Waals surface area contributed by atoms with E-state index < -0.39 is 0 Å². The maximum atomic E-state index is 11.2. The number of carbonyl (C=O) groups is 1. The van der Waals surface area contributed by atoms with Crippen molar-refractivity contribution in [3.05, 3.63) is 0 Å². The van der Waals surface area contributed by atoms with Crippen molar-refractivity contribution >= 4 is 5.91 Å². The Morgan fingerprint density at radius 1 is 1.19 bits per heavy atom. The second-order valence-electron chi connectivity index (χ2n) is 4.42. The molecule has 0 aromatic rings. The average Bonchev–Trinajstić information content (AvgIpc) is 2.28. The van der Waals surface area contributed by atoms with E-state index in [1.165, 1.54) is 0 Å². The molecule has 1 N–H and O–H groups in total. The molecule has 0 aliphatic rings. The van der Waals surface area contributed by atoms with Crippen LogP contribution in [0.3, 0.4) is 0 Å². The molecule has 3 nitrogen and oxygen atoms in total. The minimum absolute atomic E-state index is 0.0249. The molecule has 96 valence electrons. The van der Waals surface area contributed by atoms with Crippen molar-refractivity contribution < 1.29 is 9.53 Å². The normalized spacial score (nSPS) is 11.9. The van der Waals surface area contributed by atoms with E-state index in [9.17, 15) is 4.79 Å². The Morgan fingerprint density at radius 3 is 2.00 bits per heavy atom. The van der Waals surface area contributed by atoms with E-state index in [1.807, 2.05) is 0 Å². The lowest BCUT2D eigenvalue weighted by Crippen LogP contribution is -2.51. The van der Waals surface area contributed by atoms with Gasteiger partial charge < -0.3 is 10.1 Å². The maximum absolute atomic E-state index is 11.2. The summed E-state index contributed by atoms with van der Waals surface area (Å²) in [6, 6.07) is 0. The van der Waals surface area contributed by atoms with Crippen LogP contribution in [0, 0.1) is 0 Å². The first kappa shape index (κ1) is 15.4. The van der Waals surface area contributed by atoms with Gasteiger partial charge in [0.05, 0.1) is 18.2 Å². The Morgan fingerprint density at radius 2 is 1.69 bits per heavy atom. The van der Waals surface area contributed by atoms with Gasteiger partial charge >= 0.3 is 0 Å². The van der Waals surface area contributed by atoms with E-state index in [0.717, 1.165) is 25.7 Å². The lowest BCUT2D eigenvalue weighted by molar-refractivity contribution is -0.122. The third kappa shape index (κ3) is 4.97. The molecular formula is C13H27NO2. The van der Waals surface area contributed by atoms with Gasteiger partial charge in [-0.05, 0) is 25.7 Å². The molecule has 0 atom stereocenters. The summed E-state index contributed by atoms with van der Waals surface area (Å²) in [5, 5.41) is 3.03. The van der Waals surface area contributed by atoms with Gasteiger partial charge in [-0.25, -0.2) is 0 Å². The van der Waals surface area contributed by atoms with Crippen LogP contribution in [-0.2, 0) is 9.53 Å². The monoisotopic (exact) mass is 229 g/mol. The highest BCUT2D eigenvalue weighted by atomic mass is 16.5. The van der Waals surface area contributed by atoms with Gasteiger partial charge in [-0.3, -0.25) is 4.79 Å². The van der Waals surface area contributed by atoms with E-state index in [2.05, 4.69) is 33.0 Å². The van der Waals surface area contributed by atoms with Crippen molar-refractivity contribution in [2.45, 2.75) is 71.9 Å². The van der Waals surface area contributed by atoms with E-state index >= 15 is 0 Å². The van der Waals surface area contributed by atoms with Crippen LogP contribution in [0.5, 0.6) is 0 Å². The SMILES string of the molecule is CCC(CC)OCC(CC)(CC)NC(C)=O. The van der Waals surface area contributed by atoms with Crippen molar-refractivity contribution in [2.75, 3.05) is 6.61 Å². The number of nitrogens with one attached hydrogen (secondary N) is 1. The molecule has 0 aromatic heterocycles. The van der Waals surface area contributed by atoms with E-state index in [0.29, 0.717) is 12.7 Å². The zero-order chi connectivity index (χ0) is 12.6. The fraction of sp³-hybridized carbons (Fsp3) is 0.923. The lowest BCUT2D eigenvalue weighted by Gasteiger charge is -2.33. The smallest absolute Gasteiger partial charge is 0.217 e. The topological polar surface area (TPSA) is 38.3 Å². The maximum Gasteiger partial charge on any atom is 0.217 e. The molecule has 1 amide bonds. The predicted octanol–water partition coefficient (Wildman–Crippen LogP) is 2.89. The molecule has 0 aromatic carbocycles. The second kappa shape index (κ2) is 7.66. The zero-order valence-corrected chi connectivity index (χ0v) is 11.4. The summed E-state index contributed by atoms with van der Waals surface area (Å²) in [5.41, 5.74) is -0.186. The number of amides is 1. The average molecular weight is 229 g/mol. The highest BCUT2D eigenvalue weighted by Gasteiger charge is 2.28. The van der Waals surface area contributed by atoms with Crippen LogP contribution in [0.4, 0.5) is 0 Å². The molecule has 0 bridgehead atoms. The molecule has 0 spiro atoms. The molecule has 0 saturated carbocycles. The summed E-state index contributed by atoms with van der Waals surface area (Å²) in [6.07, 6.45) is 4.18. The third-order valence-electron chi connectivity index (χ3n) is 3.30. The van der Waals surface area contributed by atoms with Gasteiger partial charge in [-0.2, -0.15) is 0 Å². The Hall–Kier alpha value is -0.570. The zero-order valence-electron chi connectivity index (χ0n) is 11.4. The predicted molar refractivity (Wildman–Crippen MR) is 67.5 cm³/mol. The number of rotatable bonds is 8. The first-order chi connectivity index (χ1) is 7.53. The van der Waals surface area contributed by atoms with Gasteiger partial charge in [0.25, 0.3) is 0 Å². The van der Waals surface area contributed by atoms with Crippen LogP contribution in [0.2, 0.25) is 0 Å². The van der Waals surface area contributed by atoms with Crippen LogP contribution in [0.25, 0.3) is 0 Å². The van der Waals surface area contributed by atoms with E-state index in [-0.39, 0.29) is 11.4 Å². The summed E-state index contributed by atoms with van der Waals surface area (Å²) in [7, 11) is 0.